The van der Waals surface area contributed by atoms with Crippen LogP contribution < -0.4 is 5.32 Å². The number of nitrogens with one attached hydrogen (secondary N) is 1. The first-order valence-electron chi connectivity index (χ1n) is 7.98. The van der Waals surface area contributed by atoms with Crippen LogP contribution in [-0.4, -0.2) is 22.4 Å². The predicted octanol–water partition coefficient (Wildman–Crippen LogP) is 3.56. The maximum atomic E-state index is 4.78. The molecule has 108 valence electrons. The maximum Gasteiger partial charge on any atom is 0.0627 e. The fourth-order valence-corrected chi connectivity index (χ4v) is 2.94. The Hall–Kier alpha value is -0.830. The van der Waals surface area contributed by atoms with E-state index in [1.54, 1.807) is 0 Å². The van der Waals surface area contributed by atoms with Gasteiger partial charge in [0.15, 0.2) is 0 Å². The highest BCUT2D eigenvalue weighted by Crippen LogP contribution is 2.28. The minimum Gasteiger partial charge on any atom is -0.314 e. The lowest BCUT2D eigenvalue weighted by Gasteiger charge is -2.20. The molecule has 0 bridgehead atoms. The van der Waals surface area contributed by atoms with Gasteiger partial charge < -0.3 is 5.32 Å². The van der Waals surface area contributed by atoms with Crippen LogP contribution in [0.25, 0.3) is 0 Å². The summed E-state index contributed by atoms with van der Waals surface area (Å²) in [5.74, 6) is 0.637. The molecular formula is C16H29N3. The molecule has 0 spiro atoms. The second-order valence-corrected chi connectivity index (χ2v) is 6.15. The Morgan fingerprint density at radius 1 is 1.37 bits per heavy atom. The summed E-state index contributed by atoms with van der Waals surface area (Å²) in [6, 6.07) is 3.44. The molecule has 0 aliphatic heterocycles. The molecule has 1 heterocycles. The SMILES string of the molecule is CCCNC(C)C(C)Cc1ccn(C2CCCC2)n1. The predicted molar refractivity (Wildman–Crippen MR) is 80.4 cm³/mol. The lowest BCUT2D eigenvalue weighted by molar-refractivity contribution is 0.391. The molecule has 0 aromatic carbocycles. The molecule has 1 fully saturated rings. The fraction of sp³-hybridized carbons (Fsp3) is 0.812. The molecule has 0 amide bonds. The minimum absolute atomic E-state index is 0.566. The summed E-state index contributed by atoms with van der Waals surface area (Å²) in [5, 5.41) is 8.36. The number of nitrogens with zero attached hydrogens (tertiary/aromatic N) is 2. The van der Waals surface area contributed by atoms with E-state index in [1.807, 2.05) is 0 Å². The summed E-state index contributed by atoms with van der Waals surface area (Å²) in [5.41, 5.74) is 1.25. The van der Waals surface area contributed by atoms with Crippen LogP contribution in [0.3, 0.4) is 0 Å². The third-order valence-electron chi connectivity index (χ3n) is 4.46. The van der Waals surface area contributed by atoms with Gasteiger partial charge in [-0.15, -0.1) is 0 Å². The zero-order chi connectivity index (χ0) is 13.7. The number of aromatic nitrogens is 2. The van der Waals surface area contributed by atoms with Crippen LogP contribution in [0.4, 0.5) is 0 Å². The summed E-state index contributed by atoms with van der Waals surface area (Å²) >= 11 is 0. The van der Waals surface area contributed by atoms with Crippen LogP contribution in [0.1, 0.15) is 64.6 Å². The number of hydrogen-bond donors (Lipinski definition) is 1. The fourth-order valence-electron chi connectivity index (χ4n) is 2.94. The summed E-state index contributed by atoms with van der Waals surface area (Å²) in [6.45, 7) is 7.94. The second kappa shape index (κ2) is 7.09. The van der Waals surface area contributed by atoms with Crippen molar-refractivity contribution in [2.75, 3.05) is 6.54 Å². The minimum atomic E-state index is 0.566. The first-order chi connectivity index (χ1) is 9.20. The molecule has 1 N–H and O–H groups in total. The Kier molecular flexibility index (Phi) is 5.44. The first-order valence-corrected chi connectivity index (χ1v) is 7.98. The standard InChI is InChI=1S/C16H29N3/c1-4-10-17-14(3)13(2)12-15-9-11-19(18-15)16-7-5-6-8-16/h9,11,13-14,16-17H,4-8,10,12H2,1-3H3. The monoisotopic (exact) mass is 263 g/mol. The average Bonchev–Trinajstić information content (AvgIpc) is 3.05. The van der Waals surface area contributed by atoms with Gasteiger partial charge in [0.25, 0.3) is 0 Å². The van der Waals surface area contributed by atoms with Crippen molar-refractivity contribution in [2.45, 2.75) is 71.4 Å². The van der Waals surface area contributed by atoms with Crippen molar-refractivity contribution in [3.8, 4) is 0 Å². The molecule has 2 unspecified atom stereocenters. The summed E-state index contributed by atoms with van der Waals surface area (Å²) < 4.78 is 2.21. The van der Waals surface area contributed by atoms with Gasteiger partial charge in [-0.05, 0) is 51.1 Å². The van der Waals surface area contributed by atoms with Gasteiger partial charge in [-0.3, -0.25) is 4.68 Å². The highest BCUT2D eigenvalue weighted by molar-refractivity contribution is 5.02. The van der Waals surface area contributed by atoms with Gasteiger partial charge in [0.1, 0.15) is 0 Å². The highest BCUT2D eigenvalue weighted by Gasteiger charge is 2.18. The lowest BCUT2D eigenvalue weighted by atomic mass is 9.98. The van der Waals surface area contributed by atoms with Crippen molar-refractivity contribution in [1.82, 2.24) is 15.1 Å². The molecule has 1 aromatic heterocycles. The van der Waals surface area contributed by atoms with E-state index in [1.165, 1.54) is 37.8 Å². The normalized spacial score (nSPS) is 19.7. The van der Waals surface area contributed by atoms with Gasteiger partial charge in [0, 0.05) is 12.2 Å². The first kappa shape index (κ1) is 14.6. The Morgan fingerprint density at radius 3 is 2.79 bits per heavy atom. The van der Waals surface area contributed by atoms with Gasteiger partial charge in [-0.1, -0.05) is 26.7 Å². The van der Waals surface area contributed by atoms with Crippen LogP contribution in [0.2, 0.25) is 0 Å². The zero-order valence-corrected chi connectivity index (χ0v) is 12.7. The van der Waals surface area contributed by atoms with Crippen molar-refractivity contribution in [2.24, 2.45) is 5.92 Å². The van der Waals surface area contributed by atoms with Crippen LogP contribution in [0.5, 0.6) is 0 Å². The van der Waals surface area contributed by atoms with E-state index in [4.69, 9.17) is 5.10 Å². The summed E-state index contributed by atoms with van der Waals surface area (Å²) in [6.07, 6.45) is 9.83. The van der Waals surface area contributed by atoms with Crippen molar-refractivity contribution in [3.63, 3.8) is 0 Å². The molecular weight excluding hydrogens is 234 g/mol. The lowest BCUT2D eigenvalue weighted by Crippen LogP contribution is -2.33. The zero-order valence-electron chi connectivity index (χ0n) is 12.7. The Bertz CT molecular complexity index is 366. The van der Waals surface area contributed by atoms with Crippen molar-refractivity contribution in [3.05, 3.63) is 18.0 Å². The molecule has 2 rings (SSSR count). The molecule has 0 radical (unpaired) electrons. The third kappa shape index (κ3) is 4.07. The molecule has 0 saturated heterocycles. The van der Waals surface area contributed by atoms with E-state index in [-0.39, 0.29) is 0 Å². The number of hydrogen-bond acceptors (Lipinski definition) is 2. The molecule has 1 aliphatic carbocycles. The topological polar surface area (TPSA) is 29.9 Å². The Morgan fingerprint density at radius 2 is 2.11 bits per heavy atom. The second-order valence-electron chi connectivity index (χ2n) is 6.15. The largest absolute Gasteiger partial charge is 0.314 e. The van der Waals surface area contributed by atoms with Crippen LogP contribution in [0, 0.1) is 5.92 Å². The van der Waals surface area contributed by atoms with Crippen molar-refractivity contribution in [1.29, 1.82) is 0 Å². The van der Waals surface area contributed by atoms with E-state index in [0.29, 0.717) is 18.0 Å². The van der Waals surface area contributed by atoms with Crippen molar-refractivity contribution >= 4 is 0 Å². The van der Waals surface area contributed by atoms with Gasteiger partial charge in [0.05, 0.1) is 11.7 Å². The van der Waals surface area contributed by atoms with E-state index in [2.05, 4.69) is 43.0 Å². The smallest absolute Gasteiger partial charge is 0.0627 e. The van der Waals surface area contributed by atoms with Crippen LogP contribution in [0.15, 0.2) is 12.3 Å². The Labute approximate surface area is 117 Å². The third-order valence-corrected chi connectivity index (χ3v) is 4.46. The number of rotatable bonds is 7. The van der Waals surface area contributed by atoms with E-state index in [0.717, 1.165) is 13.0 Å². The average molecular weight is 263 g/mol. The molecule has 1 aliphatic rings. The molecule has 1 aromatic rings. The van der Waals surface area contributed by atoms with Gasteiger partial charge in [-0.25, -0.2) is 0 Å². The van der Waals surface area contributed by atoms with Gasteiger partial charge in [-0.2, -0.15) is 5.10 Å². The molecule has 2 atom stereocenters. The molecule has 1 saturated carbocycles. The van der Waals surface area contributed by atoms with E-state index >= 15 is 0 Å². The van der Waals surface area contributed by atoms with Crippen LogP contribution >= 0.6 is 0 Å². The molecule has 19 heavy (non-hydrogen) atoms. The summed E-state index contributed by atoms with van der Waals surface area (Å²) in [7, 11) is 0. The van der Waals surface area contributed by atoms with Crippen LogP contribution in [-0.2, 0) is 6.42 Å². The van der Waals surface area contributed by atoms with Crippen molar-refractivity contribution < 1.29 is 0 Å². The maximum absolute atomic E-state index is 4.78. The quantitative estimate of drug-likeness (QED) is 0.815. The Balaban J connectivity index is 1.84. The molecule has 3 nitrogen and oxygen atoms in total. The highest BCUT2D eigenvalue weighted by atomic mass is 15.3. The summed E-state index contributed by atoms with van der Waals surface area (Å²) in [4.78, 5) is 0. The van der Waals surface area contributed by atoms with Gasteiger partial charge in [0.2, 0.25) is 0 Å². The van der Waals surface area contributed by atoms with Gasteiger partial charge >= 0.3 is 0 Å². The van der Waals surface area contributed by atoms with E-state index < -0.39 is 0 Å². The molecule has 3 heteroatoms. The van der Waals surface area contributed by atoms with E-state index in [9.17, 15) is 0 Å².